The summed E-state index contributed by atoms with van der Waals surface area (Å²) in [5.41, 5.74) is 7.50. The van der Waals surface area contributed by atoms with Crippen LogP contribution in [0.5, 0.6) is 0 Å². The average Bonchev–Trinajstić information content (AvgIpc) is 2.99. The lowest BCUT2D eigenvalue weighted by molar-refractivity contribution is -0.113. The van der Waals surface area contributed by atoms with E-state index >= 15 is 0 Å². The summed E-state index contributed by atoms with van der Waals surface area (Å²) in [4.78, 5) is 16.6. The quantitative estimate of drug-likeness (QED) is 0.684. The van der Waals surface area contributed by atoms with Crippen molar-refractivity contribution in [2.24, 2.45) is 0 Å². The van der Waals surface area contributed by atoms with Crippen LogP contribution in [0.2, 0.25) is 0 Å². The highest BCUT2D eigenvalue weighted by atomic mass is 16.3. The molecule has 0 fully saturated rings. The maximum atomic E-state index is 12.0. The SMILES string of the molecule is Cc1cc2c(cc1Cc1ccc(C3=C(O)CCC3=O)cn1)C(C)(C)C=CC2(C)C. The zero-order valence-electron chi connectivity index (χ0n) is 18.0. The van der Waals surface area contributed by atoms with Crippen molar-refractivity contribution in [3.8, 4) is 0 Å². The maximum absolute atomic E-state index is 12.0. The first kappa shape index (κ1) is 19.6. The molecule has 29 heavy (non-hydrogen) atoms. The molecule has 150 valence electrons. The van der Waals surface area contributed by atoms with Crippen LogP contribution in [0.3, 0.4) is 0 Å². The van der Waals surface area contributed by atoms with E-state index in [9.17, 15) is 9.90 Å². The van der Waals surface area contributed by atoms with E-state index in [1.807, 2.05) is 12.1 Å². The average molecular weight is 388 g/mol. The molecular weight excluding hydrogens is 358 g/mol. The van der Waals surface area contributed by atoms with E-state index < -0.39 is 0 Å². The highest BCUT2D eigenvalue weighted by Crippen LogP contribution is 2.42. The van der Waals surface area contributed by atoms with Crippen LogP contribution in [0.15, 0.2) is 48.4 Å². The van der Waals surface area contributed by atoms with Gasteiger partial charge in [0.05, 0.1) is 5.57 Å². The summed E-state index contributed by atoms with van der Waals surface area (Å²) in [6, 6.07) is 8.56. The van der Waals surface area contributed by atoms with Crippen molar-refractivity contribution in [3.05, 3.63) is 81.9 Å². The van der Waals surface area contributed by atoms with E-state index in [1.165, 1.54) is 22.3 Å². The molecular formula is C26H29NO2. The highest BCUT2D eigenvalue weighted by molar-refractivity contribution is 6.23. The molecule has 3 nitrogen and oxygen atoms in total. The van der Waals surface area contributed by atoms with Crippen molar-refractivity contribution in [3.63, 3.8) is 0 Å². The second kappa shape index (κ2) is 6.69. The number of hydrogen-bond acceptors (Lipinski definition) is 3. The molecule has 0 bridgehead atoms. The van der Waals surface area contributed by atoms with E-state index in [4.69, 9.17) is 0 Å². The molecule has 0 spiro atoms. The largest absolute Gasteiger partial charge is 0.512 e. The number of aromatic nitrogens is 1. The van der Waals surface area contributed by atoms with Crippen LogP contribution in [0.1, 0.15) is 74.0 Å². The molecule has 3 heteroatoms. The van der Waals surface area contributed by atoms with Crippen LogP contribution in [0.25, 0.3) is 5.57 Å². The Bertz CT molecular complexity index is 1050. The Kier molecular flexibility index (Phi) is 4.53. The van der Waals surface area contributed by atoms with E-state index in [-0.39, 0.29) is 22.4 Å². The predicted molar refractivity (Wildman–Crippen MR) is 117 cm³/mol. The summed E-state index contributed by atoms with van der Waals surface area (Å²) in [5, 5.41) is 9.98. The number of aliphatic hydroxyl groups excluding tert-OH is 1. The monoisotopic (exact) mass is 387 g/mol. The van der Waals surface area contributed by atoms with Crippen molar-refractivity contribution >= 4 is 11.4 Å². The van der Waals surface area contributed by atoms with Gasteiger partial charge in [-0.15, -0.1) is 0 Å². The zero-order valence-corrected chi connectivity index (χ0v) is 18.0. The molecule has 0 saturated heterocycles. The van der Waals surface area contributed by atoms with Gasteiger partial charge in [0.25, 0.3) is 0 Å². The van der Waals surface area contributed by atoms with Gasteiger partial charge in [0.1, 0.15) is 5.76 Å². The third-order valence-electron chi connectivity index (χ3n) is 6.42. The standard InChI is InChI=1S/C26H29NO2/c1-16-12-20-21(26(4,5)11-10-25(20,2)3)14-18(16)13-19-7-6-17(15-27-19)24-22(28)8-9-23(24)29/h6-7,10-12,14-15,28H,8-9,13H2,1-5H3. The van der Waals surface area contributed by atoms with Crippen LogP contribution in [-0.4, -0.2) is 15.9 Å². The molecule has 0 atom stereocenters. The van der Waals surface area contributed by atoms with Crippen LogP contribution >= 0.6 is 0 Å². The van der Waals surface area contributed by atoms with Crippen LogP contribution in [-0.2, 0) is 22.0 Å². The van der Waals surface area contributed by atoms with E-state index in [0.29, 0.717) is 24.0 Å². The molecule has 0 aliphatic heterocycles. The highest BCUT2D eigenvalue weighted by Gasteiger charge is 2.33. The Morgan fingerprint density at radius 3 is 2.21 bits per heavy atom. The number of benzene rings is 1. The second-order valence-corrected chi connectivity index (χ2v) is 9.56. The summed E-state index contributed by atoms with van der Waals surface area (Å²) in [7, 11) is 0. The molecule has 0 saturated carbocycles. The van der Waals surface area contributed by atoms with Crippen molar-refractivity contribution < 1.29 is 9.90 Å². The lowest BCUT2D eigenvalue weighted by Gasteiger charge is -2.37. The number of allylic oxidation sites excluding steroid dienone is 4. The van der Waals surface area contributed by atoms with Crippen molar-refractivity contribution in [2.45, 2.75) is 64.7 Å². The van der Waals surface area contributed by atoms with Gasteiger partial charge in [0, 0.05) is 47.5 Å². The van der Waals surface area contributed by atoms with Crippen LogP contribution in [0.4, 0.5) is 0 Å². The maximum Gasteiger partial charge on any atom is 0.167 e. The van der Waals surface area contributed by atoms with Gasteiger partial charge in [-0.3, -0.25) is 9.78 Å². The molecule has 1 aromatic heterocycles. The van der Waals surface area contributed by atoms with Gasteiger partial charge in [-0.05, 0) is 35.2 Å². The summed E-state index contributed by atoms with van der Waals surface area (Å²) < 4.78 is 0. The van der Waals surface area contributed by atoms with Gasteiger partial charge < -0.3 is 5.11 Å². The Labute approximate surface area is 173 Å². The summed E-state index contributed by atoms with van der Waals surface area (Å²) >= 11 is 0. The topological polar surface area (TPSA) is 50.2 Å². The van der Waals surface area contributed by atoms with Gasteiger partial charge in [-0.2, -0.15) is 0 Å². The van der Waals surface area contributed by atoms with E-state index in [1.54, 1.807) is 6.20 Å². The minimum Gasteiger partial charge on any atom is -0.512 e. The number of ketones is 1. The van der Waals surface area contributed by atoms with Gasteiger partial charge in [-0.1, -0.05) is 58.0 Å². The Morgan fingerprint density at radius 2 is 1.66 bits per heavy atom. The third-order valence-corrected chi connectivity index (χ3v) is 6.42. The third kappa shape index (κ3) is 3.43. The van der Waals surface area contributed by atoms with E-state index in [0.717, 1.165) is 12.1 Å². The smallest absolute Gasteiger partial charge is 0.167 e. The normalized spacial score (nSPS) is 19.6. The predicted octanol–water partition coefficient (Wildman–Crippen LogP) is 5.74. The first-order valence-electron chi connectivity index (χ1n) is 10.3. The molecule has 2 aliphatic rings. The number of nitrogens with zero attached hydrogens (tertiary/aromatic N) is 1. The molecule has 0 unspecified atom stereocenters. The molecule has 1 heterocycles. The second-order valence-electron chi connectivity index (χ2n) is 9.56. The molecule has 0 radical (unpaired) electrons. The number of rotatable bonds is 3. The lowest BCUT2D eigenvalue weighted by Crippen LogP contribution is -2.29. The number of Topliss-reactive ketones (excluding diaryl/α,β-unsaturated/α-hetero) is 1. The first-order valence-corrected chi connectivity index (χ1v) is 10.3. The van der Waals surface area contributed by atoms with Gasteiger partial charge in [0.2, 0.25) is 0 Å². The number of aryl methyl sites for hydroxylation is 1. The molecule has 0 amide bonds. The number of aliphatic hydroxyl groups is 1. The molecule has 2 aromatic rings. The fraction of sp³-hybridized carbons (Fsp3) is 0.385. The van der Waals surface area contributed by atoms with Gasteiger partial charge in [0.15, 0.2) is 5.78 Å². The number of fused-ring (bicyclic) bond motifs is 1. The molecule has 1 aromatic carbocycles. The van der Waals surface area contributed by atoms with Crippen molar-refractivity contribution in [1.29, 1.82) is 0 Å². The number of hydrogen-bond donors (Lipinski definition) is 1. The first-order chi connectivity index (χ1) is 13.6. The van der Waals surface area contributed by atoms with E-state index in [2.05, 4.69) is 63.9 Å². The van der Waals surface area contributed by atoms with Crippen LogP contribution in [0, 0.1) is 6.92 Å². The lowest BCUT2D eigenvalue weighted by atomic mass is 9.67. The number of carbonyl (C=O) groups excluding carboxylic acids is 1. The van der Waals surface area contributed by atoms with Gasteiger partial charge in [-0.25, -0.2) is 0 Å². The summed E-state index contributed by atoms with van der Waals surface area (Å²) in [6.45, 7) is 11.2. The Morgan fingerprint density at radius 1 is 1.00 bits per heavy atom. The molecule has 1 N–H and O–H groups in total. The molecule has 4 rings (SSSR count). The minimum absolute atomic E-state index is 0.000447. The summed E-state index contributed by atoms with van der Waals surface area (Å²) in [5.74, 6) is 0.188. The summed E-state index contributed by atoms with van der Waals surface area (Å²) in [6.07, 6.45) is 7.93. The number of carbonyl (C=O) groups is 1. The van der Waals surface area contributed by atoms with Crippen molar-refractivity contribution in [2.75, 3.05) is 0 Å². The zero-order chi connectivity index (χ0) is 21.0. The van der Waals surface area contributed by atoms with Crippen molar-refractivity contribution in [1.82, 2.24) is 4.98 Å². The Hall–Kier alpha value is -2.68. The minimum atomic E-state index is 0.000447. The Balaban J connectivity index is 1.66. The number of pyridine rings is 1. The molecule has 2 aliphatic carbocycles. The van der Waals surface area contributed by atoms with Gasteiger partial charge >= 0.3 is 0 Å². The van der Waals surface area contributed by atoms with Crippen LogP contribution < -0.4 is 0 Å². The fourth-order valence-corrected chi connectivity index (χ4v) is 4.45. The fourth-order valence-electron chi connectivity index (χ4n) is 4.45.